The van der Waals surface area contributed by atoms with E-state index in [1.54, 1.807) is 23.9 Å². The summed E-state index contributed by atoms with van der Waals surface area (Å²) in [5, 5.41) is 18.1. The molecule has 1 unspecified atom stereocenters. The smallest absolute Gasteiger partial charge is 0.339 e. The van der Waals surface area contributed by atoms with E-state index in [9.17, 15) is 9.90 Å². The van der Waals surface area contributed by atoms with Gasteiger partial charge in [-0.15, -0.1) is 11.8 Å². The maximum atomic E-state index is 10.6. The second kappa shape index (κ2) is 5.23. The number of rotatable bonds is 5. The number of carboxylic acid groups (broad SMARTS) is 1. The lowest BCUT2D eigenvalue weighted by atomic mass is 10.1. The fourth-order valence-electron chi connectivity index (χ4n) is 0.958. The molecule has 0 aliphatic heterocycles. The predicted molar refractivity (Wildman–Crippen MR) is 62.0 cm³/mol. The van der Waals surface area contributed by atoms with Crippen LogP contribution in [0.1, 0.15) is 6.92 Å². The molecule has 2 N–H and O–H groups in total. The van der Waals surface area contributed by atoms with E-state index in [2.05, 4.69) is 0 Å². The van der Waals surface area contributed by atoms with E-state index in [0.29, 0.717) is 5.75 Å². The third kappa shape index (κ3) is 3.43. The maximum Gasteiger partial charge on any atom is 0.339 e. The molecular weight excluding hydrogens is 228 g/mol. The van der Waals surface area contributed by atoms with Crippen LogP contribution in [0.3, 0.4) is 0 Å². The lowest BCUT2D eigenvalue weighted by Gasteiger charge is -2.18. The number of carbonyl (C=O) groups is 1. The second-order valence-electron chi connectivity index (χ2n) is 3.54. The number of benzene rings is 1. The lowest BCUT2D eigenvalue weighted by molar-refractivity contribution is -0.159. The molecule has 0 spiro atoms. The second-order valence-corrected chi connectivity index (χ2v) is 4.42. The first-order chi connectivity index (χ1) is 7.45. The van der Waals surface area contributed by atoms with Crippen molar-refractivity contribution in [1.29, 1.82) is 0 Å². The third-order valence-corrected chi connectivity index (χ3v) is 2.78. The molecule has 5 heteroatoms. The molecule has 0 aliphatic carbocycles. The fourth-order valence-corrected chi connectivity index (χ4v) is 1.37. The van der Waals surface area contributed by atoms with Gasteiger partial charge in [-0.2, -0.15) is 0 Å². The summed E-state index contributed by atoms with van der Waals surface area (Å²) in [5.74, 6) is -0.757. The van der Waals surface area contributed by atoms with Crippen LogP contribution in [0.15, 0.2) is 29.2 Å². The molecule has 16 heavy (non-hydrogen) atoms. The van der Waals surface area contributed by atoms with E-state index in [0.717, 1.165) is 4.90 Å². The molecule has 1 rings (SSSR count). The topological polar surface area (TPSA) is 66.8 Å². The first kappa shape index (κ1) is 12.9. The van der Waals surface area contributed by atoms with Crippen LogP contribution in [0, 0.1) is 0 Å². The van der Waals surface area contributed by atoms with Gasteiger partial charge >= 0.3 is 5.97 Å². The van der Waals surface area contributed by atoms with E-state index >= 15 is 0 Å². The van der Waals surface area contributed by atoms with Crippen molar-refractivity contribution < 1.29 is 19.7 Å². The fraction of sp³-hybridized carbons (Fsp3) is 0.364. The Labute approximate surface area is 98.2 Å². The molecule has 0 saturated heterocycles. The predicted octanol–water partition coefficient (Wildman–Crippen LogP) is 1.62. The number of thioether (sulfide) groups is 1. The van der Waals surface area contributed by atoms with Crippen LogP contribution in [-0.4, -0.2) is 34.6 Å². The number of hydrogen-bond donors (Lipinski definition) is 2. The highest BCUT2D eigenvalue weighted by Gasteiger charge is 2.30. The normalized spacial score (nSPS) is 14.2. The van der Waals surface area contributed by atoms with Gasteiger partial charge in [-0.05, 0) is 37.4 Å². The van der Waals surface area contributed by atoms with E-state index in [1.807, 2.05) is 18.4 Å². The summed E-state index contributed by atoms with van der Waals surface area (Å²) in [6.07, 6.45) is 1.96. The van der Waals surface area contributed by atoms with Gasteiger partial charge in [0.15, 0.2) is 5.60 Å². The summed E-state index contributed by atoms with van der Waals surface area (Å²) in [4.78, 5) is 11.7. The molecule has 0 fully saturated rings. The number of ether oxygens (including phenoxy) is 1. The molecule has 1 atom stereocenters. The minimum absolute atomic E-state index is 0.277. The molecule has 88 valence electrons. The first-order valence-corrected chi connectivity index (χ1v) is 5.91. The van der Waals surface area contributed by atoms with Gasteiger partial charge in [0, 0.05) is 4.90 Å². The van der Waals surface area contributed by atoms with Gasteiger partial charge in [0.1, 0.15) is 12.4 Å². The monoisotopic (exact) mass is 242 g/mol. The Balaban J connectivity index is 2.58. The number of aliphatic hydroxyl groups is 1. The Kier molecular flexibility index (Phi) is 4.20. The van der Waals surface area contributed by atoms with Gasteiger partial charge in [-0.3, -0.25) is 0 Å². The van der Waals surface area contributed by atoms with Crippen molar-refractivity contribution in [1.82, 2.24) is 0 Å². The molecule has 0 aromatic heterocycles. The Hall–Kier alpha value is -1.20. The van der Waals surface area contributed by atoms with Crippen LogP contribution in [0.2, 0.25) is 0 Å². The van der Waals surface area contributed by atoms with Crippen molar-refractivity contribution in [2.45, 2.75) is 17.4 Å². The van der Waals surface area contributed by atoms with Crippen molar-refractivity contribution >= 4 is 17.7 Å². The summed E-state index contributed by atoms with van der Waals surface area (Å²) in [6.45, 7) is 0.923. The molecule has 4 nitrogen and oxygen atoms in total. The van der Waals surface area contributed by atoms with Gasteiger partial charge < -0.3 is 14.9 Å². The number of aliphatic carboxylic acids is 1. The summed E-state index contributed by atoms with van der Waals surface area (Å²) < 4.78 is 5.19. The summed E-state index contributed by atoms with van der Waals surface area (Å²) in [7, 11) is 0. The standard InChI is InChI=1S/C11H14O4S/c1-11(14,10(12)13)7-15-8-3-5-9(16-2)6-4-8/h3-6,14H,7H2,1-2H3,(H,12,13). The van der Waals surface area contributed by atoms with Crippen LogP contribution in [0.25, 0.3) is 0 Å². The van der Waals surface area contributed by atoms with Gasteiger partial charge in [-0.25, -0.2) is 4.79 Å². The average Bonchev–Trinajstić information content (AvgIpc) is 2.27. The minimum atomic E-state index is -1.86. The van der Waals surface area contributed by atoms with E-state index in [-0.39, 0.29) is 6.61 Å². The van der Waals surface area contributed by atoms with Crippen LogP contribution < -0.4 is 4.74 Å². The zero-order valence-electron chi connectivity index (χ0n) is 9.14. The van der Waals surface area contributed by atoms with Gasteiger partial charge in [0.25, 0.3) is 0 Å². The zero-order chi connectivity index (χ0) is 12.2. The lowest BCUT2D eigenvalue weighted by Crippen LogP contribution is -2.41. The van der Waals surface area contributed by atoms with E-state index < -0.39 is 11.6 Å². The van der Waals surface area contributed by atoms with Crippen molar-refractivity contribution in [2.24, 2.45) is 0 Å². The van der Waals surface area contributed by atoms with Crippen molar-refractivity contribution in [3.8, 4) is 5.75 Å². The van der Waals surface area contributed by atoms with Gasteiger partial charge in [-0.1, -0.05) is 0 Å². The highest BCUT2D eigenvalue weighted by molar-refractivity contribution is 7.98. The van der Waals surface area contributed by atoms with Crippen molar-refractivity contribution in [3.05, 3.63) is 24.3 Å². The highest BCUT2D eigenvalue weighted by Crippen LogP contribution is 2.19. The van der Waals surface area contributed by atoms with E-state index in [4.69, 9.17) is 9.84 Å². The van der Waals surface area contributed by atoms with Crippen LogP contribution >= 0.6 is 11.8 Å². The first-order valence-electron chi connectivity index (χ1n) is 4.68. The van der Waals surface area contributed by atoms with Crippen LogP contribution in [0.5, 0.6) is 5.75 Å². The van der Waals surface area contributed by atoms with Crippen molar-refractivity contribution in [3.63, 3.8) is 0 Å². The van der Waals surface area contributed by atoms with Crippen LogP contribution in [0.4, 0.5) is 0 Å². The molecule has 1 aromatic rings. The molecular formula is C11H14O4S. The van der Waals surface area contributed by atoms with Gasteiger partial charge in [0.05, 0.1) is 0 Å². The Morgan fingerprint density at radius 3 is 2.44 bits per heavy atom. The zero-order valence-corrected chi connectivity index (χ0v) is 9.95. The molecule has 1 aromatic carbocycles. The SMILES string of the molecule is CSc1ccc(OCC(C)(O)C(=O)O)cc1. The molecule has 0 aliphatic rings. The van der Waals surface area contributed by atoms with Crippen LogP contribution in [-0.2, 0) is 4.79 Å². The van der Waals surface area contributed by atoms with E-state index in [1.165, 1.54) is 6.92 Å². The summed E-state index contributed by atoms with van der Waals surface area (Å²) in [5.41, 5.74) is -1.86. The third-order valence-electron chi connectivity index (χ3n) is 2.04. The van der Waals surface area contributed by atoms with Gasteiger partial charge in [0.2, 0.25) is 0 Å². The molecule has 0 radical (unpaired) electrons. The molecule has 0 bridgehead atoms. The Morgan fingerprint density at radius 2 is 2.00 bits per heavy atom. The Morgan fingerprint density at radius 1 is 1.44 bits per heavy atom. The Bertz CT molecular complexity index is 359. The number of carboxylic acids is 1. The molecule has 0 heterocycles. The van der Waals surface area contributed by atoms with Crippen molar-refractivity contribution in [2.75, 3.05) is 12.9 Å². The summed E-state index contributed by atoms with van der Waals surface area (Å²) >= 11 is 1.61. The quantitative estimate of drug-likeness (QED) is 0.768. The molecule has 0 amide bonds. The largest absolute Gasteiger partial charge is 0.490 e. The highest BCUT2D eigenvalue weighted by atomic mass is 32.2. The molecule has 0 saturated carbocycles. The number of hydrogen-bond acceptors (Lipinski definition) is 4. The maximum absolute atomic E-state index is 10.6. The average molecular weight is 242 g/mol. The minimum Gasteiger partial charge on any atom is -0.490 e. The summed E-state index contributed by atoms with van der Waals surface area (Å²) in [6, 6.07) is 7.22.